The zero-order valence-electron chi connectivity index (χ0n) is 12.5. The highest BCUT2D eigenvalue weighted by atomic mass is 35.5. The van der Waals surface area contributed by atoms with Crippen LogP contribution >= 0.6 is 12.4 Å². The fraction of sp³-hybridized carbons (Fsp3) is 0.714. The summed E-state index contributed by atoms with van der Waals surface area (Å²) in [6.07, 6.45) is 0.920. The first-order valence-corrected chi connectivity index (χ1v) is 7.07. The summed E-state index contributed by atoms with van der Waals surface area (Å²) in [5.41, 5.74) is 2.23. The molecule has 2 rings (SSSR count). The Kier molecular flexibility index (Phi) is 6.49. The number of rotatable bonds is 6. The zero-order chi connectivity index (χ0) is 13.8. The fourth-order valence-corrected chi connectivity index (χ4v) is 2.38. The first-order valence-electron chi connectivity index (χ1n) is 7.07. The van der Waals surface area contributed by atoms with Gasteiger partial charge in [0.15, 0.2) is 0 Å². The van der Waals surface area contributed by atoms with E-state index in [-0.39, 0.29) is 24.2 Å². The third-order valence-corrected chi connectivity index (χ3v) is 3.88. The standard InChI is InChI=1S/C14H24N4O.ClH/c1-10-7-11(2)18(17-10)6-4-5-16-14(19)12(3)13-8-15-9-13;/h7,12-13,15H,4-6,8-9H2,1-3H3,(H,16,19);1H. The van der Waals surface area contributed by atoms with Gasteiger partial charge in [-0.1, -0.05) is 6.92 Å². The molecule has 0 radical (unpaired) electrons. The summed E-state index contributed by atoms with van der Waals surface area (Å²) in [6, 6.07) is 2.07. The van der Waals surface area contributed by atoms with Crippen molar-refractivity contribution in [3.63, 3.8) is 0 Å². The van der Waals surface area contributed by atoms with Gasteiger partial charge in [-0.2, -0.15) is 5.10 Å². The topological polar surface area (TPSA) is 59.0 Å². The van der Waals surface area contributed by atoms with Crippen molar-refractivity contribution >= 4 is 18.3 Å². The molecular formula is C14H25ClN4O. The lowest BCUT2D eigenvalue weighted by Gasteiger charge is -2.31. The molecule has 0 saturated carbocycles. The molecule has 1 aromatic rings. The van der Waals surface area contributed by atoms with Gasteiger partial charge < -0.3 is 10.6 Å². The number of carbonyl (C=O) groups is 1. The molecule has 2 heterocycles. The maximum absolute atomic E-state index is 11.9. The molecule has 1 aromatic heterocycles. The summed E-state index contributed by atoms with van der Waals surface area (Å²) in [7, 11) is 0. The van der Waals surface area contributed by atoms with Gasteiger partial charge in [-0.3, -0.25) is 9.48 Å². The van der Waals surface area contributed by atoms with Crippen LogP contribution in [0.25, 0.3) is 0 Å². The van der Waals surface area contributed by atoms with E-state index in [1.165, 1.54) is 5.69 Å². The molecule has 6 heteroatoms. The molecule has 1 aliphatic rings. The van der Waals surface area contributed by atoms with Gasteiger partial charge in [0.05, 0.1) is 5.69 Å². The highest BCUT2D eigenvalue weighted by Gasteiger charge is 2.28. The van der Waals surface area contributed by atoms with Crippen molar-refractivity contribution in [3.8, 4) is 0 Å². The van der Waals surface area contributed by atoms with Crippen LogP contribution in [0.5, 0.6) is 0 Å². The second-order valence-corrected chi connectivity index (χ2v) is 5.50. The van der Waals surface area contributed by atoms with Crippen LogP contribution in [0.4, 0.5) is 0 Å². The van der Waals surface area contributed by atoms with Crippen molar-refractivity contribution < 1.29 is 4.79 Å². The number of carbonyl (C=O) groups excluding carboxylic acids is 1. The second-order valence-electron chi connectivity index (χ2n) is 5.50. The highest BCUT2D eigenvalue weighted by molar-refractivity contribution is 5.85. The highest BCUT2D eigenvalue weighted by Crippen LogP contribution is 2.15. The van der Waals surface area contributed by atoms with E-state index in [1.807, 2.05) is 18.5 Å². The average Bonchev–Trinajstić information content (AvgIpc) is 2.60. The van der Waals surface area contributed by atoms with Gasteiger partial charge in [-0.05, 0) is 45.3 Å². The van der Waals surface area contributed by atoms with Crippen molar-refractivity contribution in [2.75, 3.05) is 19.6 Å². The Bertz CT molecular complexity index is 442. The quantitative estimate of drug-likeness (QED) is 0.778. The molecule has 1 amide bonds. The van der Waals surface area contributed by atoms with Gasteiger partial charge in [0.2, 0.25) is 5.91 Å². The molecule has 20 heavy (non-hydrogen) atoms. The number of halogens is 1. The lowest BCUT2D eigenvalue weighted by Crippen LogP contribution is -2.49. The Morgan fingerprint density at radius 2 is 2.25 bits per heavy atom. The molecule has 1 fully saturated rings. The number of aryl methyl sites for hydroxylation is 3. The molecule has 114 valence electrons. The minimum Gasteiger partial charge on any atom is -0.356 e. The summed E-state index contributed by atoms with van der Waals surface area (Å²) in [6.45, 7) is 9.60. The van der Waals surface area contributed by atoms with Crippen molar-refractivity contribution in [3.05, 3.63) is 17.5 Å². The largest absolute Gasteiger partial charge is 0.356 e. The van der Waals surface area contributed by atoms with E-state index in [0.29, 0.717) is 5.92 Å². The molecule has 1 saturated heterocycles. The molecule has 0 aliphatic carbocycles. The van der Waals surface area contributed by atoms with Crippen molar-refractivity contribution in [1.82, 2.24) is 20.4 Å². The number of amides is 1. The van der Waals surface area contributed by atoms with Crippen LogP contribution in [0.3, 0.4) is 0 Å². The summed E-state index contributed by atoms with van der Waals surface area (Å²) in [5, 5.41) is 10.6. The molecule has 5 nitrogen and oxygen atoms in total. The van der Waals surface area contributed by atoms with Gasteiger partial charge in [-0.25, -0.2) is 0 Å². The maximum Gasteiger partial charge on any atom is 0.223 e. The molecule has 0 spiro atoms. The van der Waals surface area contributed by atoms with Gasteiger partial charge in [0.1, 0.15) is 0 Å². The van der Waals surface area contributed by atoms with Gasteiger partial charge in [0.25, 0.3) is 0 Å². The monoisotopic (exact) mass is 300 g/mol. The molecule has 1 unspecified atom stereocenters. The van der Waals surface area contributed by atoms with Gasteiger partial charge in [0, 0.05) is 24.7 Å². The third-order valence-electron chi connectivity index (χ3n) is 3.88. The Morgan fingerprint density at radius 1 is 1.55 bits per heavy atom. The van der Waals surface area contributed by atoms with Crippen LogP contribution < -0.4 is 10.6 Å². The van der Waals surface area contributed by atoms with Crippen molar-refractivity contribution in [1.29, 1.82) is 0 Å². The minimum atomic E-state index is 0. The van der Waals surface area contributed by atoms with Gasteiger partial charge in [-0.15, -0.1) is 12.4 Å². The fourth-order valence-electron chi connectivity index (χ4n) is 2.38. The van der Waals surface area contributed by atoms with E-state index in [4.69, 9.17) is 0 Å². The van der Waals surface area contributed by atoms with E-state index >= 15 is 0 Å². The van der Waals surface area contributed by atoms with Crippen LogP contribution in [-0.2, 0) is 11.3 Å². The average molecular weight is 301 g/mol. The number of nitrogens with one attached hydrogen (secondary N) is 2. The lowest BCUT2D eigenvalue weighted by molar-refractivity contribution is -0.126. The molecule has 0 bridgehead atoms. The Labute approximate surface area is 126 Å². The van der Waals surface area contributed by atoms with Crippen LogP contribution in [0.1, 0.15) is 24.7 Å². The number of nitrogens with zero attached hydrogens (tertiary/aromatic N) is 2. The summed E-state index contributed by atoms with van der Waals surface area (Å²) < 4.78 is 2.00. The Hall–Kier alpha value is -1.07. The smallest absolute Gasteiger partial charge is 0.223 e. The predicted molar refractivity (Wildman–Crippen MR) is 82.1 cm³/mol. The van der Waals surface area contributed by atoms with Gasteiger partial charge >= 0.3 is 0 Å². The Morgan fingerprint density at radius 3 is 2.75 bits per heavy atom. The van der Waals surface area contributed by atoms with E-state index in [2.05, 4.69) is 28.7 Å². The predicted octanol–water partition coefficient (Wildman–Crippen LogP) is 1.28. The van der Waals surface area contributed by atoms with Crippen molar-refractivity contribution in [2.45, 2.75) is 33.7 Å². The van der Waals surface area contributed by atoms with Crippen LogP contribution in [-0.4, -0.2) is 35.3 Å². The molecule has 1 atom stereocenters. The molecule has 1 aliphatic heterocycles. The summed E-state index contributed by atoms with van der Waals surface area (Å²) >= 11 is 0. The van der Waals surface area contributed by atoms with Crippen molar-refractivity contribution in [2.24, 2.45) is 11.8 Å². The molecular weight excluding hydrogens is 276 g/mol. The van der Waals surface area contributed by atoms with E-state index in [9.17, 15) is 4.79 Å². The normalized spacial score (nSPS) is 16.1. The maximum atomic E-state index is 11.9. The summed E-state index contributed by atoms with van der Waals surface area (Å²) in [4.78, 5) is 11.9. The lowest BCUT2D eigenvalue weighted by atomic mass is 9.88. The number of hydrogen-bond donors (Lipinski definition) is 2. The number of aromatic nitrogens is 2. The van der Waals surface area contributed by atoms with Crippen LogP contribution in [0.15, 0.2) is 6.07 Å². The second kappa shape index (κ2) is 7.64. The molecule has 0 aromatic carbocycles. The Balaban J connectivity index is 0.00000200. The number of hydrogen-bond acceptors (Lipinski definition) is 3. The van der Waals surface area contributed by atoms with E-state index in [0.717, 1.165) is 38.3 Å². The first kappa shape index (κ1) is 17.0. The summed E-state index contributed by atoms with van der Waals surface area (Å²) in [5.74, 6) is 0.811. The third kappa shape index (κ3) is 4.21. The molecule has 2 N–H and O–H groups in total. The van der Waals surface area contributed by atoms with Crippen LogP contribution in [0, 0.1) is 25.7 Å². The van der Waals surface area contributed by atoms with E-state index < -0.39 is 0 Å². The first-order chi connectivity index (χ1) is 9.08. The zero-order valence-corrected chi connectivity index (χ0v) is 13.3. The van der Waals surface area contributed by atoms with Crippen LogP contribution in [0.2, 0.25) is 0 Å². The minimum absolute atomic E-state index is 0. The van der Waals surface area contributed by atoms with E-state index in [1.54, 1.807) is 0 Å². The SMILES string of the molecule is Cc1cc(C)n(CCCNC(=O)C(C)C2CNC2)n1.Cl.